The molecule has 1 rings (SSSR count). The molecule has 0 aliphatic carbocycles. The first-order valence-corrected chi connectivity index (χ1v) is 6.20. The van der Waals surface area contributed by atoms with Gasteiger partial charge in [0.05, 0.1) is 31.5 Å². The largest absolute Gasteiger partial charge is 0.394 e. The maximum Gasteiger partial charge on any atom is 0.356 e. The Morgan fingerprint density at radius 2 is 1.56 bits per heavy atom. The van der Waals surface area contributed by atoms with Crippen molar-refractivity contribution in [2.45, 2.75) is 24.4 Å². The van der Waals surface area contributed by atoms with Crippen molar-refractivity contribution >= 4 is 7.60 Å². The Kier molecular flexibility index (Phi) is 6.02. The van der Waals surface area contributed by atoms with E-state index < -0.39 is 38.8 Å². The summed E-state index contributed by atoms with van der Waals surface area (Å²) in [6, 6.07) is 0. The van der Waals surface area contributed by atoms with Gasteiger partial charge in [0, 0.05) is 0 Å². The molecule has 0 aromatic carbocycles. The maximum absolute atomic E-state index is 10.2. The highest BCUT2D eigenvalue weighted by Gasteiger charge is 2.48. The third-order valence-corrected chi connectivity index (χ3v) is 3.16. The average Bonchev–Trinajstić information content (AvgIpc) is 2.95. The molecule has 98 valence electrons. The number of rotatable bonds is 4. The molecule has 2 atom stereocenters. The van der Waals surface area contributed by atoms with Gasteiger partial charge in [-0.3, -0.25) is 4.57 Å². The molecule has 9 heteroatoms. The molecule has 0 aromatic heterocycles. The molecule has 0 aromatic rings. The lowest BCUT2D eigenvalue weighted by molar-refractivity contribution is 0.0697. The number of aliphatic hydroxyl groups excluding tert-OH is 3. The minimum Gasteiger partial charge on any atom is -0.394 e. The van der Waals surface area contributed by atoms with Gasteiger partial charge in [-0.05, 0) is 6.92 Å². The molecule has 1 aliphatic rings. The number of aliphatic hydroxyl groups is 3. The molecule has 0 spiro atoms. The average molecular weight is 259 g/mol. The Morgan fingerprint density at radius 3 is 1.56 bits per heavy atom. The third-order valence-electron chi connectivity index (χ3n) is 1.96. The second-order valence-corrected chi connectivity index (χ2v) is 5.34. The smallest absolute Gasteiger partial charge is 0.356 e. The Hall–Kier alpha value is -0.0500. The minimum absolute atomic E-state index is 0.254. The molecule has 1 saturated heterocycles. The summed E-state index contributed by atoms with van der Waals surface area (Å²) in [5, 5.41) is 25.0. The zero-order valence-electron chi connectivity index (χ0n) is 8.85. The molecule has 1 aliphatic heterocycles. The van der Waals surface area contributed by atoms with E-state index in [1.807, 2.05) is 0 Å². The van der Waals surface area contributed by atoms with E-state index in [0.717, 1.165) is 0 Å². The van der Waals surface area contributed by atoms with Gasteiger partial charge in [-0.15, -0.1) is 0 Å². The predicted octanol–water partition coefficient (Wildman–Crippen LogP) is -2.43. The molecule has 1 heterocycles. The van der Waals surface area contributed by atoms with Gasteiger partial charge in [0.2, 0.25) is 0 Å². The van der Waals surface area contributed by atoms with E-state index in [0.29, 0.717) is 0 Å². The molecular weight excluding hydrogens is 241 g/mol. The fraction of sp³-hybridized carbons (Fsp3) is 1.00. The highest BCUT2D eigenvalue weighted by atomic mass is 31.2. The first-order valence-electron chi connectivity index (χ1n) is 4.52. The molecule has 1 fully saturated rings. The molecule has 0 amide bonds. The van der Waals surface area contributed by atoms with Gasteiger partial charge in [0.25, 0.3) is 0 Å². The van der Waals surface area contributed by atoms with Gasteiger partial charge in [0.15, 0.2) is 5.85 Å². The van der Waals surface area contributed by atoms with Crippen LogP contribution < -0.4 is 5.73 Å². The van der Waals surface area contributed by atoms with Crippen molar-refractivity contribution in [2.24, 2.45) is 5.73 Å². The topological polar surface area (TPSA) is 157 Å². The van der Waals surface area contributed by atoms with Gasteiger partial charge < -0.3 is 35.6 Å². The molecular formula is C7H18NO7P. The van der Waals surface area contributed by atoms with Crippen molar-refractivity contribution in [3.8, 4) is 0 Å². The van der Waals surface area contributed by atoms with Crippen LogP contribution in [0.4, 0.5) is 0 Å². The van der Waals surface area contributed by atoms with Crippen LogP contribution in [0.15, 0.2) is 0 Å². The predicted molar refractivity (Wildman–Crippen MR) is 54.6 cm³/mol. The van der Waals surface area contributed by atoms with Gasteiger partial charge in [-0.1, -0.05) is 0 Å². The van der Waals surface area contributed by atoms with Crippen molar-refractivity contribution < 1.29 is 34.4 Å². The number of nitrogens with two attached hydrogens (primary N) is 1. The molecule has 7 N–H and O–H groups in total. The summed E-state index contributed by atoms with van der Waals surface area (Å²) in [6.45, 7) is 0.420. The lowest BCUT2D eigenvalue weighted by atomic mass is 10.1. The van der Waals surface area contributed by atoms with Gasteiger partial charge in [-0.25, -0.2) is 0 Å². The SMILES string of the molecule is C[C@@H]1OC1P(=O)(O)O.NC(CO)(CO)CO. The monoisotopic (exact) mass is 259 g/mol. The Balaban J connectivity index is 0.000000281. The van der Waals surface area contributed by atoms with Crippen LogP contribution in [-0.4, -0.2) is 62.4 Å². The van der Waals surface area contributed by atoms with Crippen LogP contribution in [0.1, 0.15) is 6.92 Å². The third kappa shape index (κ3) is 5.33. The normalized spacial score (nSPS) is 24.7. The van der Waals surface area contributed by atoms with Crippen LogP contribution in [0.25, 0.3) is 0 Å². The van der Waals surface area contributed by atoms with Crippen LogP contribution in [-0.2, 0) is 9.30 Å². The lowest BCUT2D eigenvalue weighted by Gasteiger charge is -2.20. The second-order valence-electron chi connectivity index (χ2n) is 3.66. The van der Waals surface area contributed by atoms with Crippen molar-refractivity contribution in [3.63, 3.8) is 0 Å². The zero-order chi connectivity index (χ0) is 13.0. The van der Waals surface area contributed by atoms with Crippen molar-refractivity contribution in [2.75, 3.05) is 19.8 Å². The van der Waals surface area contributed by atoms with E-state index in [2.05, 4.69) is 4.74 Å². The Morgan fingerprint density at radius 1 is 1.25 bits per heavy atom. The zero-order valence-corrected chi connectivity index (χ0v) is 9.75. The van der Waals surface area contributed by atoms with E-state index in [-0.39, 0.29) is 6.10 Å². The molecule has 0 radical (unpaired) electrons. The standard InChI is InChI=1S/C4H11NO3.C3H7O4P/c5-4(1-6,2-7)3-8;1-2-3(7-2)8(4,5)6/h6-8H,1-3,5H2;2-3H,1H3,(H2,4,5,6)/t;2-,3?/m.0/s1. The van der Waals surface area contributed by atoms with E-state index >= 15 is 0 Å². The number of hydrogen-bond donors (Lipinski definition) is 6. The van der Waals surface area contributed by atoms with Crippen molar-refractivity contribution in [1.29, 1.82) is 0 Å². The van der Waals surface area contributed by atoms with Gasteiger partial charge in [0.1, 0.15) is 0 Å². The first-order chi connectivity index (χ1) is 7.20. The molecule has 8 nitrogen and oxygen atoms in total. The van der Waals surface area contributed by atoms with Crippen LogP contribution in [0, 0.1) is 0 Å². The Bertz CT molecular complexity index is 243. The summed E-state index contributed by atoms with van der Waals surface area (Å²) >= 11 is 0. The van der Waals surface area contributed by atoms with E-state index in [1.165, 1.54) is 0 Å². The molecule has 0 bridgehead atoms. The fourth-order valence-corrected chi connectivity index (χ4v) is 1.57. The summed E-state index contributed by atoms with van der Waals surface area (Å²) in [6.07, 6.45) is -0.254. The van der Waals surface area contributed by atoms with Crippen LogP contribution >= 0.6 is 7.60 Å². The summed E-state index contributed by atoms with van der Waals surface area (Å²) in [5.41, 5.74) is 3.94. The molecule has 1 unspecified atom stereocenters. The van der Waals surface area contributed by atoms with E-state index in [4.69, 9.17) is 30.8 Å². The second kappa shape index (κ2) is 6.04. The molecule has 16 heavy (non-hydrogen) atoms. The van der Waals surface area contributed by atoms with E-state index in [9.17, 15) is 4.57 Å². The quantitative estimate of drug-likeness (QED) is 0.240. The summed E-state index contributed by atoms with van der Waals surface area (Å²) in [5.74, 6) is -0.817. The molecule has 0 saturated carbocycles. The highest BCUT2D eigenvalue weighted by molar-refractivity contribution is 7.52. The van der Waals surface area contributed by atoms with Gasteiger partial charge >= 0.3 is 7.60 Å². The number of epoxide rings is 1. The summed E-state index contributed by atoms with van der Waals surface area (Å²) in [7, 11) is -3.90. The van der Waals surface area contributed by atoms with Gasteiger partial charge in [-0.2, -0.15) is 0 Å². The van der Waals surface area contributed by atoms with Crippen molar-refractivity contribution in [3.05, 3.63) is 0 Å². The maximum atomic E-state index is 10.2. The van der Waals surface area contributed by atoms with Crippen molar-refractivity contribution in [1.82, 2.24) is 0 Å². The lowest BCUT2D eigenvalue weighted by Crippen LogP contribution is -2.50. The number of ether oxygens (including phenoxy) is 1. The van der Waals surface area contributed by atoms with E-state index in [1.54, 1.807) is 6.92 Å². The summed E-state index contributed by atoms with van der Waals surface area (Å²) in [4.78, 5) is 16.6. The van der Waals surface area contributed by atoms with Crippen LogP contribution in [0.5, 0.6) is 0 Å². The van der Waals surface area contributed by atoms with Crippen LogP contribution in [0.2, 0.25) is 0 Å². The highest BCUT2D eigenvalue weighted by Crippen LogP contribution is 2.52. The first kappa shape index (κ1) is 16.0. The van der Waals surface area contributed by atoms with Crippen LogP contribution in [0.3, 0.4) is 0 Å². The fourth-order valence-electron chi connectivity index (χ4n) is 0.677. The Labute approximate surface area is 92.8 Å². The number of hydrogen-bond acceptors (Lipinski definition) is 6. The summed E-state index contributed by atoms with van der Waals surface area (Å²) < 4.78 is 14.7. The minimum atomic E-state index is -3.90.